The van der Waals surface area contributed by atoms with E-state index in [9.17, 15) is 24.5 Å². The van der Waals surface area contributed by atoms with Crippen molar-refractivity contribution in [1.29, 1.82) is 0 Å². The molecule has 0 spiro atoms. The molecule has 11 heteroatoms. The zero-order chi connectivity index (χ0) is 29.2. The van der Waals surface area contributed by atoms with Crippen molar-refractivity contribution in [2.45, 2.75) is 4.90 Å². The van der Waals surface area contributed by atoms with Crippen LogP contribution >= 0.6 is 27.7 Å². The van der Waals surface area contributed by atoms with Crippen molar-refractivity contribution < 1.29 is 19.3 Å². The molecule has 0 heterocycles. The SMILES string of the molecule is O=C(CSc1ccc(NC(=O)/C(=C/c2ccc([N+](=O)[O-])cc2)NC(=O)c2ccccc2)cc1)Nc1ccc(Br)cc1. The maximum absolute atomic E-state index is 13.2. The molecule has 4 aromatic carbocycles. The maximum atomic E-state index is 13.2. The number of halogens is 1. The number of non-ortho nitro benzene ring substituents is 1. The fourth-order valence-electron chi connectivity index (χ4n) is 3.51. The molecule has 3 amide bonds. The Morgan fingerprint density at radius 2 is 1.41 bits per heavy atom. The number of nitrogens with zero attached hydrogens (tertiary/aromatic N) is 1. The Bertz CT molecular complexity index is 1580. The molecule has 0 radical (unpaired) electrons. The number of carbonyl (C=O) groups excluding carboxylic acids is 3. The van der Waals surface area contributed by atoms with Gasteiger partial charge < -0.3 is 16.0 Å². The Labute approximate surface area is 248 Å². The number of rotatable bonds is 10. The minimum absolute atomic E-state index is 0.0456. The smallest absolute Gasteiger partial charge is 0.272 e. The molecule has 0 aliphatic rings. The van der Waals surface area contributed by atoms with Crippen LogP contribution < -0.4 is 16.0 Å². The molecule has 0 fully saturated rings. The van der Waals surface area contributed by atoms with Gasteiger partial charge in [0, 0.05) is 38.4 Å². The number of anilines is 2. The monoisotopic (exact) mass is 630 g/mol. The number of amides is 3. The van der Waals surface area contributed by atoms with Gasteiger partial charge in [-0.3, -0.25) is 24.5 Å². The molecule has 0 atom stereocenters. The molecular formula is C30H23BrN4O5S. The molecule has 0 aliphatic carbocycles. The van der Waals surface area contributed by atoms with Gasteiger partial charge in [0.25, 0.3) is 17.5 Å². The minimum Gasteiger partial charge on any atom is -0.325 e. The molecule has 0 aromatic heterocycles. The second-order valence-corrected chi connectivity index (χ2v) is 10.5. The number of carbonyl (C=O) groups is 3. The van der Waals surface area contributed by atoms with E-state index >= 15 is 0 Å². The van der Waals surface area contributed by atoms with Crippen LogP contribution in [0.25, 0.3) is 6.08 Å². The zero-order valence-corrected chi connectivity index (χ0v) is 23.8. The molecular weight excluding hydrogens is 608 g/mol. The first-order chi connectivity index (χ1) is 19.8. The second kappa shape index (κ2) is 14.1. The van der Waals surface area contributed by atoms with Crippen molar-refractivity contribution in [2.75, 3.05) is 16.4 Å². The summed E-state index contributed by atoms with van der Waals surface area (Å²) >= 11 is 4.70. The van der Waals surface area contributed by atoms with Gasteiger partial charge in [-0.2, -0.15) is 0 Å². The van der Waals surface area contributed by atoms with Gasteiger partial charge in [-0.15, -0.1) is 11.8 Å². The molecule has 3 N–H and O–H groups in total. The lowest BCUT2D eigenvalue weighted by atomic mass is 10.1. The first kappa shape index (κ1) is 29.2. The standard InChI is InChI=1S/C30H23BrN4O5S/c31-22-8-10-23(11-9-22)32-28(36)19-41-26-16-12-24(13-17-26)33-30(38)27(34-29(37)21-4-2-1-3-5-21)18-20-6-14-25(15-7-20)35(39)40/h1-18H,19H2,(H,32,36)(H,33,38)(H,34,37)/b27-18-. The van der Waals surface area contributed by atoms with E-state index in [1.54, 1.807) is 66.7 Å². The number of nitro benzene ring substituents is 1. The van der Waals surface area contributed by atoms with Crippen LogP contribution in [0.3, 0.4) is 0 Å². The van der Waals surface area contributed by atoms with Gasteiger partial charge in [-0.05, 0) is 84.4 Å². The first-order valence-electron chi connectivity index (χ1n) is 12.2. The summed E-state index contributed by atoms with van der Waals surface area (Å²) < 4.78 is 0.921. The van der Waals surface area contributed by atoms with E-state index in [0.29, 0.717) is 22.5 Å². The quantitative estimate of drug-likeness (QED) is 0.0793. The molecule has 0 bridgehead atoms. The second-order valence-electron chi connectivity index (χ2n) is 8.55. The Kier molecular flexibility index (Phi) is 10.0. The summed E-state index contributed by atoms with van der Waals surface area (Å²) in [5.41, 5.74) is 1.89. The lowest BCUT2D eigenvalue weighted by molar-refractivity contribution is -0.384. The fraction of sp³-hybridized carbons (Fsp3) is 0.0333. The Morgan fingerprint density at radius 3 is 2.05 bits per heavy atom. The van der Waals surface area contributed by atoms with Crippen molar-refractivity contribution in [3.05, 3.63) is 135 Å². The average Bonchev–Trinajstić information content (AvgIpc) is 2.98. The van der Waals surface area contributed by atoms with Crippen molar-refractivity contribution in [1.82, 2.24) is 5.32 Å². The van der Waals surface area contributed by atoms with Gasteiger partial charge >= 0.3 is 0 Å². The fourth-order valence-corrected chi connectivity index (χ4v) is 4.48. The van der Waals surface area contributed by atoms with Gasteiger partial charge in [0.05, 0.1) is 10.7 Å². The molecule has 0 saturated heterocycles. The Morgan fingerprint density at radius 1 is 0.805 bits per heavy atom. The highest BCUT2D eigenvalue weighted by molar-refractivity contribution is 9.10. The third kappa shape index (κ3) is 8.88. The van der Waals surface area contributed by atoms with Gasteiger partial charge in [-0.25, -0.2) is 0 Å². The van der Waals surface area contributed by atoms with Crippen LogP contribution in [-0.2, 0) is 9.59 Å². The van der Waals surface area contributed by atoms with Crippen molar-refractivity contribution in [3.8, 4) is 0 Å². The zero-order valence-electron chi connectivity index (χ0n) is 21.4. The minimum atomic E-state index is -0.582. The summed E-state index contributed by atoms with van der Waals surface area (Å²) in [5, 5.41) is 19.2. The van der Waals surface area contributed by atoms with E-state index in [4.69, 9.17) is 0 Å². The summed E-state index contributed by atoms with van der Waals surface area (Å²) in [4.78, 5) is 49.5. The number of thioether (sulfide) groups is 1. The van der Waals surface area contributed by atoms with E-state index in [1.807, 2.05) is 12.1 Å². The molecule has 206 valence electrons. The summed E-state index contributed by atoms with van der Waals surface area (Å²) in [7, 11) is 0. The number of nitro groups is 1. The highest BCUT2D eigenvalue weighted by Gasteiger charge is 2.16. The Hall–Kier alpha value is -4.74. The lowest BCUT2D eigenvalue weighted by Gasteiger charge is -2.12. The molecule has 4 rings (SSSR count). The van der Waals surface area contributed by atoms with Crippen LogP contribution in [0, 0.1) is 10.1 Å². The largest absolute Gasteiger partial charge is 0.325 e. The van der Waals surface area contributed by atoms with Crippen LogP contribution in [0.5, 0.6) is 0 Å². The maximum Gasteiger partial charge on any atom is 0.272 e. The van der Waals surface area contributed by atoms with Gasteiger partial charge in [-0.1, -0.05) is 34.1 Å². The lowest BCUT2D eigenvalue weighted by Crippen LogP contribution is -2.30. The van der Waals surface area contributed by atoms with Crippen LogP contribution in [0.1, 0.15) is 15.9 Å². The average molecular weight is 632 g/mol. The summed E-state index contributed by atoms with van der Waals surface area (Å²) in [6.07, 6.45) is 1.44. The van der Waals surface area contributed by atoms with Crippen molar-refractivity contribution in [2.24, 2.45) is 0 Å². The topological polar surface area (TPSA) is 130 Å². The normalized spacial score (nSPS) is 10.9. The molecule has 0 saturated carbocycles. The third-order valence-corrected chi connectivity index (χ3v) is 7.09. The van der Waals surface area contributed by atoms with Crippen molar-refractivity contribution in [3.63, 3.8) is 0 Å². The number of hydrogen-bond acceptors (Lipinski definition) is 6. The van der Waals surface area contributed by atoms with Crippen LogP contribution in [0.2, 0.25) is 0 Å². The molecule has 0 unspecified atom stereocenters. The highest BCUT2D eigenvalue weighted by Crippen LogP contribution is 2.22. The summed E-state index contributed by atoms with van der Waals surface area (Å²) in [6.45, 7) is 0. The predicted molar refractivity (Wildman–Crippen MR) is 164 cm³/mol. The van der Waals surface area contributed by atoms with Crippen LogP contribution in [0.4, 0.5) is 17.1 Å². The van der Waals surface area contributed by atoms with E-state index in [2.05, 4.69) is 31.9 Å². The van der Waals surface area contributed by atoms with E-state index in [-0.39, 0.29) is 23.0 Å². The predicted octanol–water partition coefficient (Wildman–Crippen LogP) is 6.50. The van der Waals surface area contributed by atoms with Crippen LogP contribution in [0.15, 0.2) is 118 Å². The molecule has 0 aliphatic heterocycles. The molecule has 9 nitrogen and oxygen atoms in total. The summed E-state index contributed by atoms with van der Waals surface area (Å²) in [5.74, 6) is -1.01. The Balaban J connectivity index is 1.42. The van der Waals surface area contributed by atoms with E-state index in [0.717, 1.165) is 9.37 Å². The molecule has 4 aromatic rings. The number of nitrogens with one attached hydrogen (secondary N) is 3. The third-order valence-electron chi connectivity index (χ3n) is 5.55. The van der Waals surface area contributed by atoms with E-state index < -0.39 is 16.7 Å². The van der Waals surface area contributed by atoms with Gasteiger partial charge in [0.1, 0.15) is 5.70 Å². The number of hydrogen-bond donors (Lipinski definition) is 3. The summed E-state index contributed by atoms with van der Waals surface area (Å²) in [6, 6.07) is 28.2. The molecule has 41 heavy (non-hydrogen) atoms. The van der Waals surface area contributed by atoms with Gasteiger partial charge in [0.2, 0.25) is 5.91 Å². The van der Waals surface area contributed by atoms with Crippen LogP contribution in [-0.4, -0.2) is 28.4 Å². The number of benzene rings is 4. The van der Waals surface area contributed by atoms with E-state index in [1.165, 1.54) is 42.1 Å². The van der Waals surface area contributed by atoms with Gasteiger partial charge in [0.15, 0.2) is 0 Å². The first-order valence-corrected chi connectivity index (χ1v) is 14.0. The highest BCUT2D eigenvalue weighted by atomic mass is 79.9. The van der Waals surface area contributed by atoms with Crippen molar-refractivity contribution >= 4 is 68.6 Å².